The third kappa shape index (κ3) is 7.73. The van der Waals surface area contributed by atoms with Gasteiger partial charge in [-0.1, -0.05) is 31.1 Å². The summed E-state index contributed by atoms with van der Waals surface area (Å²) in [4.78, 5) is 36.1. The minimum Gasteiger partial charge on any atom is -0.488 e. The SMILES string of the molecule is CC(C)(C)C#Cc1cc(N(C(=O)C2CCCCC2)[C@H]2CC[C@H](Oc3cnccc3CN3CCCC3)CC2)c(C(=O)O)s1. The maximum Gasteiger partial charge on any atom is 0.348 e. The third-order valence-corrected chi connectivity index (χ3v) is 9.71. The van der Waals surface area contributed by atoms with Gasteiger partial charge >= 0.3 is 5.97 Å². The number of ether oxygens (including phenoxy) is 1. The van der Waals surface area contributed by atoms with Gasteiger partial charge in [0.25, 0.3) is 0 Å². The van der Waals surface area contributed by atoms with Crippen molar-refractivity contribution in [2.24, 2.45) is 11.3 Å². The van der Waals surface area contributed by atoms with Crippen molar-refractivity contribution >= 4 is 28.9 Å². The van der Waals surface area contributed by atoms with Crippen molar-refractivity contribution in [2.75, 3.05) is 18.0 Å². The summed E-state index contributed by atoms with van der Waals surface area (Å²) in [5.74, 6) is 6.29. The predicted molar refractivity (Wildman–Crippen MR) is 167 cm³/mol. The van der Waals surface area contributed by atoms with Crippen molar-refractivity contribution < 1.29 is 19.4 Å². The Bertz CT molecular complexity index is 1300. The number of hydrogen-bond acceptors (Lipinski definition) is 6. The normalized spacial score (nSPS) is 21.9. The van der Waals surface area contributed by atoms with Gasteiger partial charge < -0.3 is 14.7 Å². The number of rotatable bonds is 8. The minimum absolute atomic E-state index is 0.0454. The molecule has 1 amide bonds. The summed E-state index contributed by atoms with van der Waals surface area (Å²) >= 11 is 1.18. The summed E-state index contributed by atoms with van der Waals surface area (Å²) < 4.78 is 6.53. The molecule has 3 heterocycles. The number of carbonyl (C=O) groups is 2. The van der Waals surface area contributed by atoms with Crippen LogP contribution in [0.2, 0.25) is 0 Å². The van der Waals surface area contributed by atoms with Gasteiger partial charge in [0.1, 0.15) is 10.6 Å². The topological polar surface area (TPSA) is 83.0 Å². The van der Waals surface area contributed by atoms with E-state index in [0.29, 0.717) is 10.6 Å². The Morgan fingerprint density at radius 3 is 2.45 bits per heavy atom. The van der Waals surface area contributed by atoms with Crippen LogP contribution in [0.25, 0.3) is 0 Å². The van der Waals surface area contributed by atoms with Crippen molar-refractivity contribution in [3.05, 3.63) is 39.8 Å². The molecule has 0 aromatic carbocycles. The second kappa shape index (κ2) is 13.6. The molecule has 2 aromatic rings. The highest BCUT2D eigenvalue weighted by Gasteiger charge is 2.37. The molecule has 1 aliphatic heterocycles. The summed E-state index contributed by atoms with van der Waals surface area (Å²) in [6.45, 7) is 9.24. The van der Waals surface area contributed by atoms with Crippen LogP contribution in [-0.2, 0) is 11.3 Å². The molecule has 5 rings (SSSR count). The van der Waals surface area contributed by atoms with Gasteiger partial charge in [-0.3, -0.25) is 14.7 Å². The van der Waals surface area contributed by atoms with Gasteiger partial charge in [0.05, 0.1) is 22.9 Å². The average Bonchev–Trinajstić information content (AvgIpc) is 3.64. The fourth-order valence-electron chi connectivity index (χ4n) is 6.49. The van der Waals surface area contributed by atoms with Gasteiger partial charge in [-0.25, -0.2) is 4.79 Å². The van der Waals surface area contributed by atoms with Crippen LogP contribution in [0.5, 0.6) is 5.75 Å². The van der Waals surface area contributed by atoms with Gasteiger partial charge in [0.2, 0.25) is 5.91 Å². The molecule has 7 nitrogen and oxygen atoms in total. The molecular formula is C34H45N3O4S. The van der Waals surface area contributed by atoms with Gasteiger partial charge in [0.15, 0.2) is 0 Å². The Labute approximate surface area is 254 Å². The van der Waals surface area contributed by atoms with E-state index in [1.165, 1.54) is 29.7 Å². The molecule has 2 aromatic heterocycles. The van der Waals surface area contributed by atoms with Crippen LogP contribution in [0.15, 0.2) is 24.5 Å². The Morgan fingerprint density at radius 2 is 1.79 bits per heavy atom. The minimum atomic E-state index is -1.00. The number of carbonyl (C=O) groups excluding carboxylic acids is 1. The number of carboxylic acids is 1. The largest absolute Gasteiger partial charge is 0.488 e. The zero-order valence-corrected chi connectivity index (χ0v) is 26.2. The fourth-order valence-corrected chi connectivity index (χ4v) is 7.34. The number of pyridine rings is 1. The lowest BCUT2D eigenvalue weighted by molar-refractivity contribution is -0.124. The molecule has 8 heteroatoms. The second-order valence-electron chi connectivity index (χ2n) is 13.2. The van der Waals surface area contributed by atoms with E-state index in [1.54, 1.807) is 0 Å². The number of amides is 1. The highest BCUT2D eigenvalue weighted by molar-refractivity contribution is 7.15. The lowest BCUT2D eigenvalue weighted by Crippen LogP contribution is -2.47. The van der Waals surface area contributed by atoms with Crippen LogP contribution >= 0.6 is 11.3 Å². The molecule has 42 heavy (non-hydrogen) atoms. The van der Waals surface area contributed by atoms with Gasteiger partial charge in [-0.2, -0.15) is 0 Å². The molecule has 0 spiro atoms. The van der Waals surface area contributed by atoms with E-state index < -0.39 is 5.97 Å². The number of likely N-dealkylation sites (tertiary alicyclic amines) is 1. The standard InChI is InChI=1S/C34H45N3O4S/c1-34(2,3)17-15-28-21-29(31(42-28)33(39)40)37(32(38)24-9-5-4-6-10-24)26-11-13-27(14-12-26)41-30-22-35-18-16-25(30)23-36-19-7-8-20-36/h16,18,21-22,24,26-27H,4-14,19-20,23H2,1-3H3,(H,39,40)/t26-,27-. The van der Waals surface area contributed by atoms with Gasteiger partial charge in [-0.05, 0) is 97.4 Å². The maximum absolute atomic E-state index is 14.1. The highest BCUT2D eigenvalue weighted by Crippen LogP contribution is 2.39. The molecular weight excluding hydrogens is 546 g/mol. The Hall–Kier alpha value is -2.89. The lowest BCUT2D eigenvalue weighted by atomic mass is 9.86. The first-order valence-electron chi connectivity index (χ1n) is 15.7. The molecule has 2 aliphatic carbocycles. The molecule has 1 N–H and O–H groups in total. The monoisotopic (exact) mass is 591 g/mol. The van der Waals surface area contributed by atoms with Crippen LogP contribution in [0.1, 0.15) is 112 Å². The Morgan fingerprint density at radius 1 is 1.07 bits per heavy atom. The molecule has 2 saturated carbocycles. The van der Waals surface area contributed by atoms with Crippen LogP contribution < -0.4 is 9.64 Å². The quantitative estimate of drug-likeness (QED) is 0.329. The summed E-state index contributed by atoms with van der Waals surface area (Å²) in [5.41, 5.74) is 1.49. The van der Waals surface area contributed by atoms with Crippen LogP contribution in [0.3, 0.4) is 0 Å². The number of aromatic nitrogens is 1. The molecule has 3 aliphatic rings. The number of aromatic carboxylic acids is 1. The molecule has 3 fully saturated rings. The Balaban J connectivity index is 1.35. The zero-order valence-electron chi connectivity index (χ0n) is 25.4. The summed E-state index contributed by atoms with van der Waals surface area (Å²) in [7, 11) is 0. The summed E-state index contributed by atoms with van der Waals surface area (Å²) in [5, 5.41) is 10.2. The molecule has 0 bridgehead atoms. The fraction of sp³-hybridized carbons (Fsp3) is 0.618. The van der Waals surface area contributed by atoms with E-state index in [-0.39, 0.29) is 34.3 Å². The number of nitrogens with zero attached hydrogens (tertiary/aromatic N) is 3. The number of hydrogen-bond donors (Lipinski definition) is 1. The summed E-state index contributed by atoms with van der Waals surface area (Å²) in [6.07, 6.45) is 14.4. The van der Waals surface area contributed by atoms with Gasteiger partial charge in [-0.15, -0.1) is 11.3 Å². The maximum atomic E-state index is 14.1. The van der Waals surface area contributed by atoms with Gasteiger partial charge in [0, 0.05) is 35.7 Å². The molecule has 1 saturated heterocycles. The first-order valence-corrected chi connectivity index (χ1v) is 16.5. The molecule has 226 valence electrons. The lowest BCUT2D eigenvalue weighted by Gasteiger charge is -2.39. The zero-order chi connectivity index (χ0) is 29.7. The van der Waals surface area contributed by atoms with E-state index in [4.69, 9.17) is 4.74 Å². The van der Waals surface area contributed by atoms with E-state index in [0.717, 1.165) is 83.2 Å². The van der Waals surface area contributed by atoms with E-state index in [1.807, 2.05) is 44.1 Å². The number of carboxylic acid groups (broad SMARTS) is 1. The first kappa shape index (κ1) is 30.6. The van der Waals surface area contributed by atoms with Crippen LogP contribution in [0.4, 0.5) is 5.69 Å². The predicted octanol–water partition coefficient (Wildman–Crippen LogP) is 7.14. The van der Waals surface area contributed by atoms with Crippen molar-refractivity contribution in [3.63, 3.8) is 0 Å². The molecule has 0 radical (unpaired) electrons. The van der Waals surface area contributed by atoms with Crippen LogP contribution in [0, 0.1) is 23.2 Å². The second-order valence-corrected chi connectivity index (χ2v) is 14.2. The molecule has 0 atom stereocenters. The van der Waals surface area contributed by atoms with Crippen molar-refractivity contribution in [1.29, 1.82) is 0 Å². The van der Waals surface area contributed by atoms with E-state index in [2.05, 4.69) is 27.8 Å². The van der Waals surface area contributed by atoms with Crippen molar-refractivity contribution in [1.82, 2.24) is 9.88 Å². The Kier molecular flexibility index (Phi) is 9.90. The van der Waals surface area contributed by atoms with E-state index in [9.17, 15) is 14.7 Å². The summed E-state index contributed by atoms with van der Waals surface area (Å²) in [6, 6.07) is 3.85. The molecule has 0 unspecified atom stereocenters. The smallest absolute Gasteiger partial charge is 0.348 e. The third-order valence-electron chi connectivity index (χ3n) is 8.68. The van der Waals surface area contributed by atoms with Crippen molar-refractivity contribution in [2.45, 2.75) is 110 Å². The average molecular weight is 592 g/mol. The first-order chi connectivity index (χ1) is 20.2. The van der Waals surface area contributed by atoms with E-state index >= 15 is 0 Å². The number of anilines is 1. The van der Waals surface area contributed by atoms with Crippen molar-refractivity contribution in [3.8, 4) is 17.6 Å². The highest BCUT2D eigenvalue weighted by atomic mass is 32.1. The number of thiophene rings is 1. The van der Waals surface area contributed by atoms with Crippen LogP contribution in [-0.4, -0.2) is 52.1 Å².